The lowest BCUT2D eigenvalue weighted by molar-refractivity contribution is 0.669. The number of hydrogen-bond acceptors (Lipinski definition) is 4. The number of nitrogens with zero attached hydrogens (tertiary/aromatic N) is 3. The second-order valence-electron chi connectivity index (χ2n) is 13.6. The molecule has 8 aromatic carbocycles. The summed E-state index contributed by atoms with van der Waals surface area (Å²) in [7, 11) is 0. The summed E-state index contributed by atoms with van der Waals surface area (Å²) in [5.74, 6) is 1.83. The summed E-state index contributed by atoms with van der Waals surface area (Å²) in [6.07, 6.45) is 0. The van der Waals surface area contributed by atoms with Gasteiger partial charge in [0.15, 0.2) is 17.5 Å². The Kier molecular flexibility index (Phi) is 8.12. The van der Waals surface area contributed by atoms with Crippen LogP contribution in [0.3, 0.4) is 0 Å². The first-order valence-electron chi connectivity index (χ1n) is 18.4. The minimum atomic E-state index is 0.605. The molecule has 258 valence electrons. The first-order chi connectivity index (χ1) is 27.2. The van der Waals surface area contributed by atoms with Crippen molar-refractivity contribution < 1.29 is 4.42 Å². The smallest absolute Gasteiger partial charge is 0.164 e. The molecule has 0 fully saturated rings. The molecule has 10 aromatic rings. The molecule has 0 amide bonds. The monoisotopic (exact) mass is 703 g/mol. The molecule has 0 aliphatic heterocycles. The van der Waals surface area contributed by atoms with E-state index in [1.54, 1.807) is 0 Å². The lowest BCUT2D eigenvalue weighted by Crippen LogP contribution is -2.02. The van der Waals surface area contributed by atoms with Gasteiger partial charge in [-0.3, -0.25) is 0 Å². The van der Waals surface area contributed by atoms with Gasteiger partial charge in [-0.1, -0.05) is 176 Å². The number of fused-ring (bicyclic) bond motifs is 3. The van der Waals surface area contributed by atoms with Crippen LogP contribution in [0.15, 0.2) is 205 Å². The molecule has 4 heteroatoms. The highest BCUT2D eigenvalue weighted by molar-refractivity contribution is 6.06. The molecule has 0 atom stereocenters. The van der Waals surface area contributed by atoms with E-state index in [0.717, 1.165) is 83.1 Å². The van der Waals surface area contributed by atoms with Gasteiger partial charge in [0.1, 0.15) is 11.2 Å². The standard InChI is InChI=1S/C51H33N3O/c1-4-14-34(15-5-1)35-26-28-38(29-27-35)49-52-50(41-21-12-20-39(32-41)40-30-31-47-45(33-40)43-22-10-11-25-46(43)55-47)54-51(53-49)44-24-13-23-42(36-16-6-2-7-17-36)48(44)37-18-8-3-9-19-37/h1-33H. The zero-order valence-electron chi connectivity index (χ0n) is 29.8. The van der Waals surface area contributed by atoms with Crippen LogP contribution in [-0.4, -0.2) is 15.0 Å². The van der Waals surface area contributed by atoms with E-state index in [0.29, 0.717) is 17.5 Å². The summed E-state index contributed by atoms with van der Waals surface area (Å²) >= 11 is 0. The van der Waals surface area contributed by atoms with Gasteiger partial charge in [0.25, 0.3) is 0 Å². The third-order valence-corrected chi connectivity index (χ3v) is 10.2. The molecular weight excluding hydrogens is 671 g/mol. The van der Waals surface area contributed by atoms with E-state index in [1.165, 1.54) is 0 Å². The Morgan fingerprint density at radius 2 is 0.764 bits per heavy atom. The van der Waals surface area contributed by atoms with Crippen LogP contribution < -0.4 is 0 Å². The quantitative estimate of drug-likeness (QED) is 0.166. The highest BCUT2D eigenvalue weighted by atomic mass is 16.3. The lowest BCUT2D eigenvalue weighted by atomic mass is 9.90. The molecule has 2 heterocycles. The minimum absolute atomic E-state index is 0.605. The van der Waals surface area contributed by atoms with E-state index in [4.69, 9.17) is 19.4 Å². The zero-order valence-corrected chi connectivity index (χ0v) is 29.8. The normalized spacial score (nSPS) is 11.3. The molecule has 0 spiro atoms. The van der Waals surface area contributed by atoms with Crippen molar-refractivity contribution >= 4 is 21.9 Å². The van der Waals surface area contributed by atoms with E-state index in [1.807, 2.05) is 30.3 Å². The van der Waals surface area contributed by atoms with Gasteiger partial charge in [0.2, 0.25) is 0 Å². The zero-order chi connectivity index (χ0) is 36.6. The first kappa shape index (κ1) is 32.2. The van der Waals surface area contributed by atoms with Crippen LogP contribution in [0.2, 0.25) is 0 Å². The van der Waals surface area contributed by atoms with Gasteiger partial charge in [0.05, 0.1) is 0 Å². The third kappa shape index (κ3) is 6.16. The van der Waals surface area contributed by atoms with Gasteiger partial charge in [-0.05, 0) is 63.2 Å². The fourth-order valence-electron chi connectivity index (χ4n) is 7.45. The van der Waals surface area contributed by atoms with Gasteiger partial charge in [-0.25, -0.2) is 15.0 Å². The Morgan fingerprint density at radius 1 is 0.273 bits per heavy atom. The van der Waals surface area contributed by atoms with Gasteiger partial charge >= 0.3 is 0 Å². The fraction of sp³-hybridized carbons (Fsp3) is 0. The largest absolute Gasteiger partial charge is 0.456 e. The van der Waals surface area contributed by atoms with Crippen molar-refractivity contribution in [2.45, 2.75) is 0 Å². The Bertz CT molecular complexity index is 2950. The molecule has 0 aliphatic carbocycles. The van der Waals surface area contributed by atoms with Gasteiger partial charge < -0.3 is 4.42 Å². The average Bonchev–Trinajstić information content (AvgIpc) is 3.65. The van der Waals surface area contributed by atoms with Crippen LogP contribution in [0.5, 0.6) is 0 Å². The number of hydrogen-bond donors (Lipinski definition) is 0. The fourth-order valence-corrected chi connectivity index (χ4v) is 7.45. The van der Waals surface area contributed by atoms with E-state index < -0.39 is 0 Å². The maximum Gasteiger partial charge on any atom is 0.164 e. The maximum absolute atomic E-state index is 6.13. The Labute approximate surface area is 319 Å². The summed E-state index contributed by atoms with van der Waals surface area (Å²) in [5, 5.41) is 2.20. The predicted molar refractivity (Wildman–Crippen MR) is 225 cm³/mol. The Morgan fingerprint density at radius 3 is 1.53 bits per heavy atom. The van der Waals surface area contributed by atoms with Crippen molar-refractivity contribution in [3.63, 3.8) is 0 Å². The van der Waals surface area contributed by atoms with Crippen LogP contribution in [0, 0.1) is 0 Å². The molecular formula is C51H33N3O. The molecule has 10 rings (SSSR count). The third-order valence-electron chi connectivity index (χ3n) is 10.2. The number of para-hydroxylation sites is 1. The lowest BCUT2D eigenvalue weighted by Gasteiger charge is -2.16. The van der Waals surface area contributed by atoms with Crippen LogP contribution in [0.4, 0.5) is 0 Å². The van der Waals surface area contributed by atoms with E-state index >= 15 is 0 Å². The number of benzene rings is 8. The van der Waals surface area contributed by atoms with Gasteiger partial charge in [0, 0.05) is 33.0 Å². The van der Waals surface area contributed by atoms with Crippen molar-refractivity contribution in [2.24, 2.45) is 0 Å². The van der Waals surface area contributed by atoms with E-state index in [9.17, 15) is 0 Å². The summed E-state index contributed by atoms with van der Waals surface area (Å²) in [5.41, 5.74) is 13.4. The van der Waals surface area contributed by atoms with E-state index in [-0.39, 0.29) is 0 Å². The number of rotatable bonds is 7. The van der Waals surface area contributed by atoms with Crippen LogP contribution in [-0.2, 0) is 0 Å². The molecule has 2 aromatic heterocycles. The number of aromatic nitrogens is 3. The molecule has 0 unspecified atom stereocenters. The second kappa shape index (κ2) is 13.8. The SMILES string of the molecule is c1ccc(-c2ccc(-c3nc(-c4cccc(-c5ccc6oc7ccccc7c6c5)c4)nc(-c4cccc(-c5ccccc5)c4-c4ccccc4)n3)cc2)cc1. The van der Waals surface area contributed by atoms with Crippen molar-refractivity contribution in [3.8, 4) is 78.7 Å². The summed E-state index contributed by atoms with van der Waals surface area (Å²) in [6, 6.07) is 69.3. The summed E-state index contributed by atoms with van der Waals surface area (Å²) in [6.45, 7) is 0. The minimum Gasteiger partial charge on any atom is -0.456 e. The molecule has 55 heavy (non-hydrogen) atoms. The topological polar surface area (TPSA) is 51.8 Å². The Hall–Kier alpha value is -7.43. The summed E-state index contributed by atoms with van der Waals surface area (Å²) in [4.78, 5) is 15.7. The van der Waals surface area contributed by atoms with Crippen molar-refractivity contribution in [2.75, 3.05) is 0 Å². The molecule has 0 saturated carbocycles. The van der Waals surface area contributed by atoms with Crippen LogP contribution in [0.25, 0.3) is 101 Å². The van der Waals surface area contributed by atoms with Crippen molar-refractivity contribution in [1.29, 1.82) is 0 Å². The highest BCUT2D eigenvalue weighted by Crippen LogP contribution is 2.40. The second-order valence-corrected chi connectivity index (χ2v) is 13.6. The average molecular weight is 704 g/mol. The maximum atomic E-state index is 6.13. The van der Waals surface area contributed by atoms with Crippen LogP contribution in [0.1, 0.15) is 0 Å². The van der Waals surface area contributed by atoms with Crippen molar-refractivity contribution in [1.82, 2.24) is 15.0 Å². The predicted octanol–water partition coefficient (Wildman–Crippen LogP) is 13.4. The molecule has 0 radical (unpaired) electrons. The highest BCUT2D eigenvalue weighted by Gasteiger charge is 2.19. The van der Waals surface area contributed by atoms with Crippen LogP contribution >= 0.6 is 0 Å². The Balaban J connectivity index is 1.15. The molecule has 0 N–H and O–H groups in total. The molecule has 0 aliphatic rings. The number of furan rings is 1. The molecule has 0 bridgehead atoms. The molecule has 0 saturated heterocycles. The van der Waals surface area contributed by atoms with Gasteiger partial charge in [-0.2, -0.15) is 0 Å². The molecule has 4 nitrogen and oxygen atoms in total. The van der Waals surface area contributed by atoms with Gasteiger partial charge in [-0.15, -0.1) is 0 Å². The van der Waals surface area contributed by atoms with E-state index in [2.05, 4.69) is 170 Å². The van der Waals surface area contributed by atoms with Crippen molar-refractivity contribution in [3.05, 3.63) is 200 Å². The summed E-state index contributed by atoms with van der Waals surface area (Å²) < 4.78 is 6.13. The first-order valence-corrected chi connectivity index (χ1v) is 18.4.